The van der Waals surface area contributed by atoms with Crippen molar-refractivity contribution in [3.63, 3.8) is 0 Å². The van der Waals surface area contributed by atoms with Crippen molar-refractivity contribution in [1.82, 2.24) is 0 Å². The number of nitrogens with one attached hydrogen (secondary N) is 1. The molecular weight excluding hydrogens is 326 g/mol. The molecule has 2 aromatic carbocycles. The summed E-state index contributed by atoms with van der Waals surface area (Å²) >= 11 is 5.86. The van der Waals surface area contributed by atoms with Crippen LogP contribution >= 0.6 is 11.6 Å². The van der Waals surface area contributed by atoms with E-state index in [1.54, 1.807) is 0 Å². The Hall–Kier alpha value is -1.91. The molecule has 0 saturated carbocycles. The second-order valence-electron chi connectivity index (χ2n) is 5.33. The minimum atomic E-state index is 0.0355. The van der Waals surface area contributed by atoms with E-state index in [9.17, 15) is 0 Å². The van der Waals surface area contributed by atoms with E-state index in [0.717, 1.165) is 17.2 Å². The van der Waals surface area contributed by atoms with Crippen LogP contribution in [0.3, 0.4) is 0 Å². The monoisotopic (exact) mass is 349 g/mol. The molecule has 0 heterocycles. The van der Waals surface area contributed by atoms with E-state index in [1.165, 1.54) is 0 Å². The molecule has 0 aromatic heterocycles. The van der Waals surface area contributed by atoms with Gasteiger partial charge in [-0.2, -0.15) is 0 Å². The minimum Gasteiger partial charge on any atom is -0.491 e. The first kappa shape index (κ1) is 18.4. The van der Waals surface area contributed by atoms with Crippen molar-refractivity contribution in [2.75, 3.05) is 31.7 Å². The molecule has 0 aliphatic carbocycles. The van der Waals surface area contributed by atoms with Crippen molar-refractivity contribution in [1.29, 1.82) is 0 Å². The van der Waals surface area contributed by atoms with Gasteiger partial charge in [0.25, 0.3) is 0 Å². The van der Waals surface area contributed by atoms with E-state index >= 15 is 0 Å². The fraction of sp³-hybridized carbons (Fsp3) is 0.368. The molecule has 2 aromatic rings. The predicted octanol–water partition coefficient (Wildman–Crippen LogP) is 4.63. The van der Waals surface area contributed by atoms with Crippen molar-refractivity contribution < 1.29 is 14.2 Å². The standard InChI is InChI=1S/C19H24ClNO3/c1-3-22-12-13-23-18-10-6-17(7-11-18)21-14-15(2)24-19-8-4-16(20)5-9-19/h4-11,15,21H,3,12-14H2,1-2H3. The van der Waals surface area contributed by atoms with Crippen LogP contribution in [-0.4, -0.2) is 32.5 Å². The zero-order valence-electron chi connectivity index (χ0n) is 14.1. The van der Waals surface area contributed by atoms with Crippen molar-refractivity contribution in [3.8, 4) is 11.5 Å². The van der Waals surface area contributed by atoms with Gasteiger partial charge < -0.3 is 19.5 Å². The van der Waals surface area contributed by atoms with E-state index in [4.69, 9.17) is 25.8 Å². The molecule has 0 aliphatic heterocycles. The number of halogens is 1. The Morgan fingerprint density at radius 1 is 0.958 bits per heavy atom. The molecule has 130 valence electrons. The van der Waals surface area contributed by atoms with Crippen LogP contribution in [0, 0.1) is 0 Å². The van der Waals surface area contributed by atoms with Crippen molar-refractivity contribution in [2.24, 2.45) is 0 Å². The van der Waals surface area contributed by atoms with Crippen LogP contribution in [0.1, 0.15) is 13.8 Å². The topological polar surface area (TPSA) is 39.7 Å². The number of rotatable bonds is 10. The van der Waals surface area contributed by atoms with Crippen LogP contribution in [0.5, 0.6) is 11.5 Å². The second kappa shape index (κ2) is 10.1. The Kier molecular flexibility index (Phi) is 7.72. The SMILES string of the molecule is CCOCCOc1ccc(NCC(C)Oc2ccc(Cl)cc2)cc1. The highest BCUT2D eigenvalue weighted by Crippen LogP contribution is 2.18. The lowest BCUT2D eigenvalue weighted by Crippen LogP contribution is -2.22. The van der Waals surface area contributed by atoms with Gasteiger partial charge in [0.1, 0.15) is 24.2 Å². The maximum Gasteiger partial charge on any atom is 0.119 e. The summed E-state index contributed by atoms with van der Waals surface area (Å²) in [6, 6.07) is 15.2. The molecule has 1 unspecified atom stereocenters. The van der Waals surface area contributed by atoms with E-state index in [2.05, 4.69) is 5.32 Å². The first-order valence-corrected chi connectivity index (χ1v) is 8.52. The maximum absolute atomic E-state index is 5.86. The zero-order valence-corrected chi connectivity index (χ0v) is 14.9. The summed E-state index contributed by atoms with van der Waals surface area (Å²) in [6.45, 7) is 6.57. The summed E-state index contributed by atoms with van der Waals surface area (Å²) in [7, 11) is 0. The van der Waals surface area contributed by atoms with Gasteiger partial charge in [0.2, 0.25) is 0 Å². The number of hydrogen-bond donors (Lipinski definition) is 1. The van der Waals surface area contributed by atoms with Crippen molar-refractivity contribution in [3.05, 3.63) is 53.6 Å². The maximum atomic E-state index is 5.86. The predicted molar refractivity (Wildman–Crippen MR) is 98.5 cm³/mol. The highest BCUT2D eigenvalue weighted by Gasteiger charge is 2.04. The van der Waals surface area contributed by atoms with Crippen LogP contribution in [0.15, 0.2) is 48.5 Å². The number of benzene rings is 2. The van der Waals surface area contributed by atoms with Gasteiger partial charge in [-0.25, -0.2) is 0 Å². The molecule has 0 spiro atoms. The van der Waals surface area contributed by atoms with E-state index in [-0.39, 0.29) is 6.10 Å². The molecule has 0 radical (unpaired) electrons. The Morgan fingerprint density at radius 2 is 1.62 bits per heavy atom. The third-order valence-corrected chi connectivity index (χ3v) is 3.55. The molecule has 0 saturated heterocycles. The van der Waals surface area contributed by atoms with Gasteiger partial charge in [-0.3, -0.25) is 0 Å². The normalized spacial score (nSPS) is 11.8. The fourth-order valence-electron chi connectivity index (χ4n) is 2.08. The Balaban J connectivity index is 1.72. The first-order valence-electron chi connectivity index (χ1n) is 8.14. The highest BCUT2D eigenvalue weighted by atomic mass is 35.5. The number of anilines is 1. The summed E-state index contributed by atoms with van der Waals surface area (Å²) in [5.41, 5.74) is 1.03. The summed E-state index contributed by atoms with van der Waals surface area (Å²) in [5.74, 6) is 1.65. The summed E-state index contributed by atoms with van der Waals surface area (Å²) < 4.78 is 16.7. The zero-order chi connectivity index (χ0) is 17.2. The second-order valence-corrected chi connectivity index (χ2v) is 5.77. The van der Waals surface area contributed by atoms with Gasteiger partial charge in [-0.05, 0) is 62.4 Å². The van der Waals surface area contributed by atoms with Gasteiger partial charge in [0.15, 0.2) is 0 Å². The summed E-state index contributed by atoms with van der Waals surface area (Å²) in [6.07, 6.45) is 0.0355. The third-order valence-electron chi connectivity index (χ3n) is 3.30. The average Bonchev–Trinajstić information content (AvgIpc) is 2.60. The number of ether oxygens (including phenoxy) is 3. The number of hydrogen-bond acceptors (Lipinski definition) is 4. The fourth-order valence-corrected chi connectivity index (χ4v) is 2.21. The van der Waals surface area contributed by atoms with Crippen molar-refractivity contribution in [2.45, 2.75) is 20.0 Å². The lowest BCUT2D eigenvalue weighted by molar-refractivity contribution is 0.110. The quantitative estimate of drug-likeness (QED) is 0.634. The van der Waals surface area contributed by atoms with Crippen molar-refractivity contribution >= 4 is 17.3 Å². The lowest BCUT2D eigenvalue weighted by Gasteiger charge is -2.16. The van der Waals surface area contributed by atoms with Gasteiger partial charge in [0, 0.05) is 17.3 Å². The molecule has 0 bridgehead atoms. The molecule has 1 atom stereocenters. The van der Waals surface area contributed by atoms with Gasteiger partial charge in [-0.1, -0.05) is 11.6 Å². The van der Waals surface area contributed by atoms with Gasteiger partial charge >= 0.3 is 0 Å². The van der Waals surface area contributed by atoms with Gasteiger partial charge in [-0.15, -0.1) is 0 Å². The molecule has 5 heteroatoms. The summed E-state index contributed by atoms with van der Waals surface area (Å²) in [5, 5.41) is 4.05. The molecule has 0 aliphatic rings. The Labute approximate surface area is 148 Å². The molecule has 2 rings (SSSR count). The van der Waals surface area contributed by atoms with Crippen LogP contribution in [0.4, 0.5) is 5.69 Å². The van der Waals surface area contributed by atoms with Gasteiger partial charge in [0.05, 0.1) is 13.2 Å². The highest BCUT2D eigenvalue weighted by molar-refractivity contribution is 6.30. The average molecular weight is 350 g/mol. The molecular formula is C19H24ClNO3. The van der Waals surface area contributed by atoms with E-state index < -0.39 is 0 Å². The van der Waals surface area contributed by atoms with Crippen LogP contribution in [0.2, 0.25) is 5.02 Å². The third kappa shape index (κ3) is 6.69. The lowest BCUT2D eigenvalue weighted by atomic mass is 10.3. The molecule has 1 N–H and O–H groups in total. The van der Waals surface area contributed by atoms with E-state index in [0.29, 0.717) is 31.4 Å². The molecule has 24 heavy (non-hydrogen) atoms. The Bertz CT molecular complexity index is 587. The first-order chi connectivity index (χ1) is 11.7. The van der Waals surface area contributed by atoms with E-state index in [1.807, 2.05) is 62.4 Å². The van der Waals surface area contributed by atoms with Crippen LogP contribution in [-0.2, 0) is 4.74 Å². The Morgan fingerprint density at radius 3 is 2.29 bits per heavy atom. The molecule has 0 fully saturated rings. The summed E-state index contributed by atoms with van der Waals surface area (Å²) in [4.78, 5) is 0. The molecule has 0 amide bonds. The van der Waals surface area contributed by atoms with Crippen LogP contribution < -0.4 is 14.8 Å². The van der Waals surface area contributed by atoms with Crippen LogP contribution in [0.25, 0.3) is 0 Å². The minimum absolute atomic E-state index is 0.0355. The smallest absolute Gasteiger partial charge is 0.119 e. The largest absolute Gasteiger partial charge is 0.491 e. The molecule has 4 nitrogen and oxygen atoms in total.